The molecule has 0 heterocycles. The van der Waals surface area contributed by atoms with Gasteiger partial charge in [0.1, 0.15) is 0 Å². The summed E-state index contributed by atoms with van der Waals surface area (Å²) in [6.45, 7) is 11.4. The van der Waals surface area contributed by atoms with Gasteiger partial charge in [-0.1, -0.05) is 34.6 Å². The van der Waals surface area contributed by atoms with Gasteiger partial charge in [0.15, 0.2) is 0 Å². The lowest BCUT2D eigenvalue weighted by molar-refractivity contribution is -0.0787. The molecule has 1 aliphatic carbocycles. The zero-order valence-corrected chi connectivity index (χ0v) is 9.02. The van der Waals surface area contributed by atoms with Gasteiger partial charge < -0.3 is 5.11 Å². The van der Waals surface area contributed by atoms with Crippen LogP contribution in [0.1, 0.15) is 47.5 Å². The Morgan fingerprint density at radius 3 is 2.08 bits per heavy atom. The lowest BCUT2D eigenvalue weighted by atomic mass is 9.54. The van der Waals surface area contributed by atoms with Gasteiger partial charge in [0.2, 0.25) is 0 Å². The molecule has 1 aliphatic rings. The Balaban J connectivity index is 2.88. The van der Waals surface area contributed by atoms with E-state index in [0.717, 1.165) is 12.8 Å². The summed E-state index contributed by atoms with van der Waals surface area (Å²) in [5.41, 5.74) is 0.621. The molecule has 1 saturated carbocycles. The zero-order valence-electron chi connectivity index (χ0n) is 9.02. The van der Waals surface area contributed by atoms with Crippen LogP contribution in [-0.2, 0) is 0 Å². The van der Waals surface area contributed by atoms with Gasteiger partial charge in [-0.25, -0.2) is 0 Å². The lowest BCUT2D eigenvalue weighted by Crippen LogP contribution is -2.47. The first kappa shape index (κ1) is 10.0. The van der Waals surface area contributed by atoms with Gasteiger partial charge in [0, 0.05) is 0 Å². The normalized spacial score (nSPS) is 39.5. The highest BCUT2D eigenvalue weighted by atomic mass is 16.3. The fraction of sp³-hybridized carbons (Fsp3) is 1.00. The van der Waals surface area contributed by atoms with Crippen LogP contribution < -0.4 is 0 Å². The summed E-state index contributed by atoms with van der Waals surface area (Å²) < 4.78 is 0. The van der Waals surface area contributed by atoms with E-state index in [1.165, 1.54) is 0 Å². The predicted octanol–water partition coefficient (Wildman–Crippen LogP) is 2.83. The van der Waals surface area contributed by atoms with Crippen molar-refractivity contribution < 1.29 is 5.11 Å². The van der Waals surface area contributed by atoms with E-state index in [0.29, 0.717) is 11.3 Å². The molecule has 0 amide bonds. The van der Waals surface area contributed by atoms with Crippen molar-refractivity contribution in [2.45, 2.75) is 53.6 Å². The van der Waals surface area contributed by atoms with Gasteiger partial charge >= 0.3 is 0 Å². The molecule has 1 N–H and O–H groups in total. The Hall–Kier alpha value is -0.0400. The van der Waals surface area contributed by atoms with E-state index in [1.54, 1.807) is 0 Å². The summed E-state index contributed by atoms with van der Waals surface area (Å²) in [4.78, 5) is 0. The Morgan fingerprint density at radius 2 is 1.67 bits per heavy atom. The molecule has 72 valence electrons. The molecular weight excluding hydrogens is 148 g/mol. The van der Waals surface area contributed by atoms with Crippen molar-refractivity contribution in [2.24, 2.45) is 16.7 Å². The molecule has 0 radical (unpaired) electrons. The van der Waals surface area contributed by atoms with Gasteiger partial charge in [-0.2, -0.15) is 0 Å². The lowest BCUT2D eigenvalue weighted by Gasteiger charge is -2.52. The average molecular weight is 170 g/mol. The van der Waals surface area contributed by atoms with Crippen molar-refractivity contribution in [2.75, 3.05) is 0 Å². The number of aliphatic hydroxyl groups is 1. The fourth-order valence-electron chi connectivity index (χ4n) is 2.18. The topological polar surface area (TPSA) is 20.2 Å². The number of rotatable bonds is 0. The maximum absolute atomic E-state index is 9.75. The summed E-state index contributed by atoms with van der Waals surface area (Å²) >= 11 is 0. The molecule has 0 aromatic carbocycles. The van der Waals surface area contributed by atoms with Crippen LogP contribution in [0.4, 0.5) is 0 Å². The molecule has 0 spiro atoms. The molecule has 12 heavy (non-hydrogen) atoms. The first-order chi connectivity index (χ1) is 5.29. The van der Waals surface area contributed by atoms with E-state index in [4.69, 9.17) is 0 Å². The van der Waals surface area contributed by atoms with Crippen LogP contribution in [0, 0.1) is 16.7 Å². The van der Waals surface area contributed by atoms with Crippen LogP contribution in [0.15, 0.2) is 0 Å². The summed E-state index contributed by atoms with van der Waals surface area (Å²) in [6.07, 6.45) is 2.02. The van der Waals surface area contributed by atoms with Crippen LogP contribution in [-0.4, -0.2) is 11.2 Å². The molecule has 0 bridgehead atoms. The second kappa shape index (κ2) is 2.73. The van der Waals surface area contributed by atoms with Crippen molar-refractivity contribution in [1.29, 1.82) is 0 Å². The molecule has 0 aromatic rings. The Bertz CT molecular complexity index is 170. The fourth-order valence-corrected chi connectivity index (χ4v) is 2.18. The van der Waals surface area contributed by atoms with Crippen LogP contribution in [0.3, 0.4) is 0 Å². The maximum Gasteiger partial charge on any atom is 0.0571 e. The Labute approximate surface area is 76.2 Å². The van der Waals surface area contributed by atoms with Crippen molar-refractivity contribution in [3.63, 3.8) is 0 Å². The molecule has 2 unspecified atom stereocenters. The third-order valence-electron chi connectivity index (χ3n) is 4.52. The van der Waals surface area contributed by atoms with E-state index in [9.17, 15) is 5.11 Å². The quantitative estimate of drug-likeness (QED) is 0.592. The molecule has 1 fully saturated rings. The third kappa shape index (κ3) is 1.28. The molecule has 0 aliphatic heterocycles. The van der Waals surface area contributed by atoms with Gasteiger partial charge in [0.05, 0.1) is 6.10 Å². The van der Waals surface area contributed by atoms with Crippen molar-refractivity contribution in [3.8, 4) is 0 Å². The van der Waals surface area contributed by atoms with Crippen molar-refractivity contribution in [1.82, 2.24) is 0 Å². The molecular formula is C11H22O. The minimum absolute atomic E-state index is 0.0898. The number of hydrogen-bond acceptors (Lipinski definition) is 1. The Morgan fingerprint density at radius 1 is 1.17 bits per heavy atom. The van der Waals surface area contributed by atoms with E-state index in [1.807, 2.05) is 0 Å². The van der Waals surface area contributed by atoms with Crippen LogP contribution in [0.25, 0.3) is 0 Å². The SMILES string of the molecule is CC1C(O)CCC(C)(C)C1(C)C. The van der Waals surface area contributed by atoms with Gasteiger partial charge in [-0.3, -0.25) is 0 Å². The van der Waals surface area contributed by atoms with E-state index in [-0.39, 0.29) is 11.5 Å². The first-order valence-electron chi connectivity index (χ1n) is 4.97. The molecule has 2 atom stereocenters. The third-order valence-corrected chi connectivity index (χ3v) is 4.52. The molecule has 0 saturated heterocycles. The highest BCUT2D eigenvalue weighted by Crippen LogP contribution is 2.52. The molecule has 1 heteroatoms. The standard InChI is InChI=1S/C11H22O/c1-8-9(12)6-7-10(2,3)11(8,4)5/h8-9,12H,6-7H2,1-5H3. The summed E-state index contributed by atoms with van der Waals surface area (Å²) in [7, 11) is 0. The average Bonchev–Trinajstić information content (AvgIpc) is 1.96. The summed E-state index contributed by atoms with van der Waals surface area (Å²) in [6, 6.07) is 0. The van der Waals surface area contributed by atoms with Crippen LogP contribution in [0.2, 0.25) is 0 Å². The van der Waals surface area contributed by atoms with Gasteiger partial charge in [-0.15, -0.1) is 0 Å². The maximum atomic E-state index is 9.75. The smallest absolute Gasteiger partial charge is 0.0571 e. The van der Waals surface area contributed by atoms with Crippen molar-refractivity contribution >= 4 is 0 Å². The zero-order chi connectivity index (χ0) is 9.57. The Kier molecular flexibility index (Phi) is 2.28. The second-order valence-electron chi connectivity index (χ2n) is 5.50. The monoisotopic (exact) mass is 170 g/mol. The van der Waals surface area contributed by atoms with Crippen molar-refractivity contribution in [3.05, 3.63) is 0 Å². The van der Waals surface area contributed by atoms with Gasteiger partial charge in [-0.05, 0) is 29.6 Å². The molecule has 1 nitrogen and oxygen atoms in total. The minimum Gasteiger partial charge on any atom is -0.393 e. The molecule has 1 rings (SSSR count). The number of hydrogen-bond donors (Lipinski definition) is 1. The van der Waals surface area contributed by atoms with Crippen LogP contribution >= 0.6 is 0 Å². The summed E-state index contributed by atoms with van der Waals surface area (Å²) in [5, 5.41) is 9.75. The van der Waals surface area contributed by atoms with Gasteiger partial charge in [0.25, 0.3) is 0 Å². The largest absolute Gasteiger partial charge is 0.393 e. The van der Waals surface area contributed by atoms with E-state index in [2.05, 4.69) is 34.6 Å². The summed E-state index contributed by atoms with van der Waals surface area (Å²) in [5.74, 6) is 0.418. The first-order valence-corrected chi connectivity index (χ1v) is 4.97. The highest BCUT2D eigenvalue weighted by Gasteiger charge is 2.46. The highest BCUT2D eigenvalue weighted by molar-refractivity contribution is 4.96. The predicted molar refractivity (Wildman–Crippen MR) is 52.0 cm³/mol. The van der Waals surface area contributed by atoms with E-state index >= 15 is 0 Å². The minimum atomic E-state index is -0.0898. The molecule has 0 aromatic heterocycles. The number of aliphatic hydroxyl groups excluding tert-OH is 1. The second-order valence-corrected chi connectivity index (χ2v) is 5.50. The van der Waals surface area contributed by atoms with E-state index < -0.39 is 0 Å². The van der Waals surface area contributed by atoms with Crippen LogP contribution in [0.5, 0.6) is 0 Å².